The van der Waals surface area contributed by atoms with Crippen LogP contribution in [0.5, 0.6) is 0 Å². The number of nitrogens with zero attached hydrogens (tertiary/aromatic N) is 3. The maximum Gasteiger partial charge on any atom is 0.247 e. The molecule has 0 spiro atoms. The number of pyridine rings is 1. The molecule has 1 fully saturated rings. The minimum Gasteiger partial charge on any atom is -0.361 e. The molecule has 162 valence electrons. The van der Waals surface area contributed by atoms with Crippen molar-refractivity contribution in [1.82, 2.24) is 9.97 Å². The predicted molar refractivity (Wildman–Crippen MR) is 129 cm³/mol. The van der Waals surface area contributed by atoms with Crippen LogP contribution in [-0.2, 0) is 9.59 Å². The summed E-state index contributed by atoms with van der Waals surface area (Å²) in [6, 6.07) is 19.4. The standard InChI is InChI=1S/C26H20N4O2S/c1-15-3-5-18(6-4-15)24-16(2)11-19(14-27)25(29-24)33-22-13-23(31)30(26(22)32)20-8-7-17-9-10-28-21(17)12-20/h3-12,22,28H,13H2,1-2H3. The number of rotatable bonds is 4. The van der Waals surface area contributed by atoms with Crippen molar-refractivity contribution in [3.05, 3.63) is 77.5 Å². The first-order valence-corrected chi connectivity index (χ1v) is 11.4. The molecule has 7 heteroatoms. The van der Waals surface area contributed by atoms with Crippen molar-refractivity contribution in [1.29, 1.82) is 5.26 Å². The number of aryl methyl sites for hydroxylation is 2. The molecule has 0 saturated carbocycles. The van der Waals surface area contributed by atoms with Crippen LogP contribution in [0.15, 0.2) is 65.8 Å². The van der Waals surface area contributed by atoms with Crippen LogP contribution < -0.4 is 4.90 Å². The van der Waals surface area contributed by atoms with Gasteiger partial charge in [0.05, 0.1) is 22.2 Å². The summed E-state index contributed by atoms with van der Waals surface area (Å²) in [7, 11) is 0. The second-order valence-corrected chi connectivity index (χ2v) is 9.30. The second kappa shape index (κ2) is 8.23. The molecular formula is C26H20N4O2S. The molecule has 2 amide bonds. The van der Waals surface area contributed by atoms with E-state index in [4.69, 9.17) is 4.98 Å². The summed E-state index contributed by atoms with van der Waals surface area (Å²) in [5.74, 6) is -0.549. The average Bonchev–Trinajstić information content (AvgIpc) is 3.38. The Morgan fingerprint density at radius 3 is 2.64 bits per heavy atom. The summed E-state index contributed by atoms with van der Waals surface area (Å²) in [6.07, 6.45) is 1.88. The normalized spacial score (nSPS) is 15.9. The number of hydrogen-bond donors (Lipinski definition) is 1. The smallest absolute Gasteiger partial charge is 0.247 e. The number of nitrogens with one attached hydrogen (secondary N) is 1. The summed E-state index contributed by atoms with van der Waals surface area (Å²) in [6.45, 7) is 3.94. The lowest BCUT2D eigenvalue weighted by molar-refractivity contribution is -0.121. The van der Waals surface area contributed by atoms with Crippen LogP contribution in [0.4, 0.5) is 5.69 Å². The highest BCUT2D eigenvalue weighted by molar-refractivity contribution is 8.00. The van der Waals surface area contributed by atoms with Gasteiger partial charge in [-0.25, -0.2) is 9.88 Å². The molecule has 5 rings (SSSR count). The lowest BCUT2D eigenvalue weighted by Crippen LogP contribution is -2.31. The molecule has 1 aliphatic rings. The van der Waals surface area contributed by atoms with E-state index >= 15 is 0 Å². The topological polar surface area (TPSA) is 89.8 Å². The fourth-order valence-electron chi connectivity index (χ4n) is 4.05. The number of nitriles is 1. The molecule has 1 atom stereocenters. The Balaban J connectivity index is 1.46. The Bertz CT molecular complexity index is 1450. The van der Waals surface area contributed by atoms with E-state index in [2.05, 4.69) is 11.1 Å². The first-order valence-electron chi connectivity index (χ1n) is 10.5. The van der Waals surface area contributed by atoms with E-state index in [1.54, 1.807) is 18.2 Å². The van der Waals surface area contributed by atoms with Gasteiger partial charge in [0.2, 0.25) is 11.8 Å². The summed E-state index contributed by atoms with van der Waals surface area (Å²) in [5, 5.41) is 10.5. The molecule has 2 aromatic carbocycles. The molecule has 6 nitrogen and oxygen atoms in total. The first-order chi connectivity index (χ1) is 15.9. The third kappa shape index (κ3) is 3.79. The fraction of sp³-hybridized carbons (Fsp3) is 0.154. The number of fused-ring (bicyclic) bond motifs is 1. The zero-order chi connectivity index (χ0) is 23.1. The zero-order valence-electron chi connectivity index (χ0n) is 18.1. The van der Waals surface area contributed by atoms with Gasteiger partial charge in [-0.3, -0.25) is 9.59 Å². The van der Waals surface area contributed by atoms with Crippen LogP contribution in [0, 0.1) is 25.2 Å². The van der Waals surface area contributed by atoms with Crippen LogP contribution >= 0.6 is 11.8 Å². The van der Waals surface area contributed by atoms with Gasteiger partial charge in [0.15, 0.2) is 0 Å². The van der Waals surface area contributed by atoms with Gasteiger partial charge in [-0.2, -0.15) is 5.26 Å². The van der Waals surface area contributed by atoms with Crippen molar-refractivity contribution < 1.29 is 9.59 Å². The Morgan fingerprint density at radius 1 is 1.09 bits per heavy atom. The van der Waals surface area contributed by atoms with E-state index in [0.29, 0.717) is 16.3 Å². The molecule has 33 heavy (non-hydrogen) atoms. The summed E-state index contributed by atoms with van der Waals surface area (Å²) in [4.78, 5) is 35.1. The third-order valence-electron chi connectivity index (χ3n) is 5.78. The van der Waals surface area contributed by atoms with Crippen molar-refractivity contribution in [2.24, 2.45) is 0 Å². The van der Waals surface area contributed by atoms with Gasteiger partial charge >= 0.3 is 0 Å². The van der Waals surface area contributed by atoms with E-state index in [1.165, 1.54) is 16.7 Å². The highest BCUT2D eigenvalue weighted by Gasteiger charge is 2.41. The largest absolute Gasteiger partial charge is 0.361 e. The van der Waals surface area contributed by atoms with E-state index in [0.717, 1.165) is 33.3 Å². The molecule has 2 aromatic heterocycles. The maximum absolute atomic E-state index is 13.2. The summed E-state index contributed by atoms with van der Waals surface area (Å²) >= 11 is 1.19. The molecule has 1 N–H and O–H groups in total. The molecule has 0 aliphatic carbocycles. The number of anilines is 1. The van der Waals surface area contributed by atoms with Crippen molar-refractivity contribution in [2.75, 3.05) is 4.90 Å². The third-order valence-corrected chi connectivity index (χ3v) is 6.97. The molecule has 1 unspecified atom stereocenters. The van der Waals surface area contributed by atoms with Gasteiger partial charge in [-0.05, 0) is 49.1 Å². The fourth-order valence-corrected chi connectivity index (χ4v) is 5.12. The molecule has 4 aromatic rings. The number of imide groups is 1. The molecule has 0 radical (unpaired) electrons. The van der Waals surface area contributed by atoms with Crippen LogP contribution in [0.3, 0.4) is 0 Å². The number of aromatic amines is 1. The quantitative estimate of drug-likeness (QED) is 0.433. The van der Waals surface area contributed by atoms with Crippen LogP contribution in [0.2, 0.25) is 0 Å². The van der Waals surface area contributed by atoms with Gasteiger partial charge < -0.3 is 4.98 Å². The van der Waals surface area contributed by atoms with E-state index in [1.807, 2.05) is 56.4 Å². The summed E-state index contributed by atoms with van der Waals surface area (Å²) < 4.78 is 0. The monoisotopic (exact) mass is 452 g/mol. The molecule has 3 heterocycles. The zero-order valence-corrected chi connectivity index (χ0v) is 18.9. The van der Waals surface area contributed by atoms with Gasteiger partial charge in [0.25, 0.3) is 0 Å². The van der Waals surface area contributed by atoms with E-state index in [9.17, 15) is 14.9 Å². The first kappa shape index (κ1) is 21.0. The van der Waals surface area contributed by atoms with Gasteiger partial charge in [0.1, 0.15) is 11.1 Å². The SMILES string of the molecule is Cc1ccc(-c2nc(SC3CC(=O)N(c4ccc5cc[nH]c5c4)C3=O)c(C#N)cc2C)cc1. The van der Waals surface area contributed by atoms with Crippen molar-refractivity contribution in [3.8, 4) is 17.3 Å². The molecule has 1 aliphatic heterocycles. The Labute approximate surface area is 195 Å². The number of carbonyl (C=O) groups is 2. The Hall–Kier alpha value is -3.89. The number of amides is 2. The van der Waals surface area contributed by atoms with Gasteiger partial charge in [-0.1, -0.05) is 47.7 Å². The lowest BCUT2D eigenvalue weighted by Gasteiger charge is -2.16. The van der Waals surface area contributed by atoms with Crippen LogP contribution in [-0.4, -0.2) is 27.0 Å². The van der Waals surface area contributed by atoms with Crippen molar-refractivity contribution in [2.45, 2.75) is 30.5 Å². The maximum atomic E-state index is 13.2. The Morgan fingerprint density at radius 2 is 1.88 bits per heavy atom. The number of benzene rings is 2. The summed E-state index contributed by atoms with van der Waals surface area (Å²) in [5.41, 5.74) is 5.54. The number of carbonyl (C=O) groups excluding carboxylic acids is 2. The highest BCUT2D eigenvalue weighted by atomic mass is 32.2. The number of thioether (sulfide) groups is 1. The molecule has 0 bridgehead atoms. The number of H-pyrrole nitrogens is 1. The minimum atomic E-state index is -0.634. The predicted octanol–water partition coefficient (Wildman–Crippen LogP) is 5.14. The molecular weight excluding hydrogens is 432 g/mol. The minimum absolute atomic E-state index is 0.0621. The second-order valence-electron chi connectivity index (χ2n) is 8.11. The number of aromatic nitrogens is 2. The van der Waals surface area contributed by atoms with E-state index in [-0.39, 0.29) is 18.2 Å². The van der Waals surface area contributed by atoms with Crippen molar-refractivity contribution >= 4 is 40.2 Å². The van der Waals surface area contributed by atoms with E-state index < -0.39 is 5.25 Å². The Kier molecular flexibility index (Phi) is 5.23. The molecule has 1 saturated heterocycles. The highest BCUT2D eigenvalue weighted by Crippen LogP contribution is 2.37. The average molecular weight is 453 g/mol. The van der Waals surface area contributed by atoms with Gasteiger partial charge in [0, 0.05) is 23.7 Å². The lowest BCUT2D eigenvalue weighted by atomic mass is 10.0. The van der Waals surface area contributed by atoms with Crippen LogP contribution in [0.1, 0.15) is 23.1 Å². The number of hydrogen-bond acceptors (Lipinski definition) is 5. The van der Waals surface area contributed by atoms with Gasteiger partial charge in [-0.15, -0.1) is 0 Å². The van der Waals surface area contributed by atoms with Crippen molar-refractivity contribution in [3.63, 3.8) is 0 Å². The van der Waals surface area contributed by atoms with Crippen LogP contribution in [0.25, 0.3) is 22.2 Å².